The second kappa shape index (κ2) is 9.70. The lowest BCUT2D eigenvalue weighted by Gasteiger charge is -2.20. The summed E-state index contributed by atoms with van der Waals surface area (Å²) in [6.45, 7) is 7.97. The minimum Gasteiger partial charge on any atom is -0.355 e. The molecule has 24 heavy (non-hydrogen) atoms. The maximum absolute atomic E-state index is 12.4. The van der Waals surface area contributed by atoms with E-state index >= 15 is 0 Å². The smallest absolute Gasteiger partial charge is 0.252 e. The van der Waals surface area contributed by atoms with Crippen molar-refractivity contribution < 1.29 is 14.4 Å². The molecule has 0 fully saturated rings. The van der Waals surface area contributed by atoms with Gasteiger partial charge in [0.15, 0.2) is 0 Å². The van der Waals surface area contributed by atoms with Gasteiger partial charge in [-0.15, -0.1) is 0 Å². The first-order valence-electron chi connectivity index (χ1n) is 8.20. The van der Waals surface area contributed by atoms with Gasteiger partial charge >= 0.3 is 0 Å². The topological polar surface area (TPSA) is 87.3 Å². The van der Waals surface area contributed by atoms with Crippen molar-refractivity contribution in [1.82, 2.24) is 16.0 Å². The molecule has 1 aromatic rings. The maximum Gasteiger partial charge on any atom is 0.252 e. The normalized spacial score (nSPS) is 11.7. The lowest BCUT2D eigenvalue weighted by Crippen LogP contribution is -2.48. The maximum atomic E-state index is 12.4. The van der Waals surface area contributed by atoms with Crippen LogP contribution < -0.4 is 16.0 Å². The highest BCUT2D eigenvalue weighted by molar-refractivity contribution is 5.98. The van der Waals surface area contributed by atoms with Crippen molar-refractivity contribution in [1.29, 1.82) is 0 Å². The van der Waals surface area contributed by atoms with E-state index in [-0.39, 0.29) is 23.6 Å². The number of nitrogens with one attached hydrogen (secondary N) is 3. The van der Waals surface area contributed by atoms with Crippen molar-refractivity contribution in [3.8, 4) is 0 Å². The number of aryl methyl sites for hydroxylation is 1. The molecule has 1 atom stereocenters. The van der Waals surface area contributed by atoms with Crippen molar-refractivity contribution >= 4 is 17.7 Å². The zero-order valence-corrected chi connectivity index (χ0v) is 14.8. The Bertz CT molecular complexity index is 585. The predicted octanol–water partition coefficient (Wildman–Crippen LogP) is 1.39. The van der Waals surface area contributed by atoms with Gasteiger partial charge in [-0.2, -0.15) is 0 Å². The van der Waals surface area contributed by atoms with Crippen LogP contribution in [0.1, 0.15) is 43.1 Å². The second-order valence-electron chi connectivity index (χ2n) is 6.24. The zero-order chi connectivity index (χ0) is 18.1. The van der Waals surface area contributed by atoms with E-state index in [4.69, 9.17) is 0 Å². The highest BCUT2D eigenvalue weighted by atomic mass is 16.2. The fourth-order valence-electron chi connectivity index (χ4n) is 2.31. The van der Waals surface area contributed by atoms with Crippen molar-refractivity contribution in [2.45, 2.75) is 40.2 Å². The van der Waals surface area contributed by atoms with E-state index in [1.165, 1.54) is 6.92 Å². The van der Waals surface area contributed by atoms with Crippen LogP contribution in [0, 0.1) is 12.8 Å². The van der Waals surface area contributed by atoms with Gasteiger partial charge in [-0.25, -0.2) is 0 Å². The number of benzene rings is 1. The van der Waals surface area contributed by atoms with Gasteiger partial charge < -0.3 is 16.0 Å². The molecule has 6 heteroatoms. The molecule has 3 amide bonds. The molecular formula is C18H27N3O3. The first kappa shape index (κ1) is 19.7. The molecule has 0 aliphatic heterocycles. The van der Waals surface area contributed by atoms with Crippen LogP contribution in [0.4, 0.5) is 0 Å². The molecule has 0 aliphatic carbocycles. The van der Waals surface area contributed by atoms with Gasteiger partial charge in [0.25, 0.3) is 5.91 Å². The van der Waals surface area contributed by atoms with Crippen LogP contribution in [-0.2, 0) is 9.59 Å². The van der Waals surface area contributed by atoms with Gasteiger partial charge in [0.2, 0.25) is 11.8 Å². The predicted molar refractivity (Wildman–Crippen MR) is 93.6 cm³/mol. The molecular weight excluding hydrogens is 306 g/mol. The molecule has 0 saturated carbocycles. The summed E-state index contributed by atoms with van der Waals surface area (Å²) >= 11 is 0. The van der Waals surface area contributed by atoms with Crippen LogP contribution in [0.2, 0.25) is 0 Å². The van der Waals surface area contributed by atoms with Crippen molar-refractivity contribution in [3.05, 3.63) is 35.4 Å². The Balaban J connectivity index is 2.67. The average molecular weight is 333 g/mol. The monoisotopic (exact) mass is 333 g/mol. The highest BCUT2D eigenvalue weighted by Crippen LogP contribution is 2.10. The number of carbonyl (C=O) groups excluding carboxylic acids is 3. The molecule has 3 N–H and O–H groups in total. The molecule has 0 heterocycles. The molecule has 6 nitrogen and oxygen atoms in total. The zero-order valence-electron chi connectivity index (χ0n) is 14.8. The van der Waals surface area contributed by atoms with E-state index < -0.39 is 6.04 Å². The quantitative estimate of drug-likeness (QED) is 0.628. The molecule has 132 valence electrons. The van der Waals surface area contributed by atoms with E-state index in [1.54, 1.807) is 12.1 Å². The Labute approximate surface area is 143 Å². The van der Waals surface area contributed by atoms with Crippen molar-refractivity contribution in [3.63, 3.8) is 0 Å². The summed E-state index contributed by atoms with van der Waals surface area (Å²) in [6.07, 6.45) is 0.545. The summed E-state index contributed by atoms with van der Waals surface area (Å²) in [5.74, 6) is -0.379. The van der Waals surface area contributed by atoms with Gasteiger partial charge in [-0.1, -0.05) is 32.0 Å². The summed E-state index contributed by atoms with van der Waals surface area (Å²) in [5, 5.41) is 8.18. The highest BCUT2D eigenvalue weighted by Gasteiger charge is 2.22. The Morgan fingerprint density at radius 3 is 2.25 bits per heavy atom. The minimum atomic E-state index is -0.602. The summed E-state index contributed by atoms with van der Waals surface area (Å²) < 4.78 is 0. The molecule has 1 unspecified atom stereocenters. The molecule has 0 spiro atoms. The third kappa shape index (κ3) is 6.81. The number of carbonyl (C=O) groups is 3. The van der Waals surface area contributed by atoms with Crippen LogP contribution in [0.5, 0.6) is 0 Å². The lowest BCUT2D eigenvalue weighted by atomic mass is 10.0. The van der Waals surface area contributed by atoms with E-state index in [0.29, 0.717) is 25.1 Å². The van der Waals surface area contributed by atoms with Crippen LogP contribution in [0.15, 0.2) is 24.3 Å². The number of amides is 3. The Hall–Kier alpha value is -2.37. The Kier molecular flexibility index (Phi) is 7.95. The summed E-state index contributed by atoms with van der Waals surface area (Å²) in [4.78, 5) is 35.6. The van der Waals surface area contributed by atoms with Gasteiger partial charge in [0, 0.05) is 25.6 Å². The third-order valence-corrected chi connectivity index (χ3v) is 3.52. The first-order chi connectivity index (χ1) is 11.3. The summed E-state index contributed by atoms with van der Waals surface area (Å²) in [5.41, 5.74) is 1.43. The molecule has 1 rings (SSSR count). The largest absolute Gasteiger partial charge is 0.355 e. The van der Waals surface area contributed by atoms with Gasteiger partial charge in [0.05, 0.1) is 0 Å². The van der Waals surface area contributed by atoms with Crippen molar-refractivity contribution in [2.75, 3.05) is 13.1 Å². The van der Waals surface area contributed by atoms with E-state index in [9.17, 15) is 14.4 Å². The molecule has 0 aromatic heterocycles. The summed E-state index contributed by atoms with van der Waals surface area (Å²) in [7, 11) is 0. The minimum absolute atomic E-state index is 0.143. The van der Waals surface area contributed by atoms with E-state index in [0.717, 1.165) is 5.56 Å². The molecule has 1 aromatic carbocycles. The second-order valence-corrected chi connectivity index (χ2v) is 6.24. The van der Waals surface area contributed by atoms with Gasteiger partial charge in [-0.05, 0) is 30.9 Å². The fraction of sp³-hybridized carbons (Fsp3) is 0.500. The fourth-order valence-corrected chi connectivity index (χ4v) is 2.31. The average Bonchev–Trinajstić information content (AvgIpc) is 2.50. The van der Waals surface area contributed by atoms with Crippen LogP contribution in [0.3, 0.4) is 0 Å². The van der Waals surface area contributed by atoms with E-state index in [2.05, 4.69) is 16.0 Å². The number of rotatable bonds is 8. The lowest BCUT2D eigenvalue weighted by molar-refractivity contribution is -0.123. The van der Waals surface area contributed by atoms with Crippen LogP contribution in [-0.4, -0.2) is 36.9 Å². The summed E-state index contributed by atoms with van der Waals surface area (Å²) in [6, 6.07) is 6.67. The van der Waals surface area contributed by atoms with Crippen LogP contribution in [0.25, 0.3) is 0 Å². The Morgan fingerprint density at radius 2 is 1.67 bits per heavy atom. The van der Waals surface area contributed by atoms with Gasteiger partial charge in [0.1, 0.15) is 6.04 Å². The molecule has 0 radical (unpaired) electrons. The molecule has 0 aliphatic rings. The Morgan fingerprint density at radius 1 is 1.04 bits per heavy atom. The molecule has 0 bridgehead atoms. The van der Waals surface area contributed by atoms with Crippen molar-refractivity contribution in [2.24, 2.45) is 5.92 Å². The van der Waals surface area contributed by atoms with Crippen LogP contribution >= 0.6 is 0 Å². The number of hydrogen-bond donors (Lipinski definition) is 3. The SMILES string of the molecule is CC(=O)NCCNC(=O)C(CC(C)C)NC(=O)c1ccccc1C. The first-order valence-corrected chi connectivity index (χ1v) is 8.20. The molecule has 0 saturated heterocycles. The standard InChI is InChI=1S/C18H27N3O3/c1-12(2)11-16(18(24)20-10-9-19-14(4)22)21-17(23)15-8-6-5-7-13(15)3/h5-8,12,16H,9-11H2,1-4H3,(H,19,22)(H,20,24)(H,21,23). The van der Waals surface area contributed by atoms with E-state index in [1.807, 2.05) is 32.9 Å². The van der Waals surface area contributed by atoms with Gasteiger partial charge in [-0.3, -0.25) is 14.4 Å². The third-order valence-electron chi connectivity index (χ3n) is 3.52. The number of hydrogen-bond acceptors (Lipinski definition) is 3.